The predicted octanol–water partition coefficient (Wildman–Crippen LogP) is 1.81. The van der Waals surface area contributed by atoms with Crippen molar-refractivity contribution in [3.8, 4) is 0 Å². The van der Waals surface area contributed by atoms with Gasteiger partial charge in [0.05, 0.1) is 12.2 Å². The summed E-state index contributed by atoms with van der Waals surface area (Å²) in [5, 5.41) is 0. The zero-order chi connectivity index (χ0) is 13.1. The van der Waals surface area contributed by atoms with Gasteiger partial charge in [0.15, 0.2) is 0 Å². The summed E-state index contributed by atoms with van der Waals surface area (Å²) in [6.07, 6.45) is 5.66. The van der Waals surface area contributed by atoms with Crippen molar-refractivity contribution in [3.63, 3.8) is 0 Å². The molecule has 2 heterocycles. The first-order valence-corrected chi connectivity index (χ1v) is 7.48. The Kier molecular flexibility index (Phi) is 4.16. The van der Waals surface area contributed by atoms with Gasteiger partial charge in [-0.1, -0.05) is 30.3 Å². The fraction of sp³-hybridized carbons (Fsp3) is 0.625. The summed E-state index contributed by atoms with van der Waals surface area (Å²) in [7, 11) is 0. The molecule has 1 aromatic carbocycles. The Morgan fingerprint density at radius 1 is 1.16 bits per heavy atom. The van der Waals surface area contributed by atoms with Crippen LogP contribution in [0.3, 0.4) is 0 Å². The molecule has 2 N–H and O–H groups in total. The average molecular weight is 260 g/mol. The van der Waals surface area contributed by atoms with Crippen molar-refractivity contribution in [2.45, 2.75) is 43.9 Å². The zero-order valence-corrected chi connectivity index (χ0v) is 11.5. The van der Waals surface area contributed by atoms with Gasteiger partial charge in [-0.3, -0.25) is 4.90 Å². The number of fused-ring (bicyclic) bond motifs is 2. The van der Waals surface area contributed by atoms with Crippen molar-refractivity contribution in [1.82, 2.24) is 4.90 Å². The van der Waals surface area contributed by atoms with E-state index in [0.717, 1.165) is 32.5 Å². The molecule has 2 fully saturated rings. The van der Waals surface area contributed by atoms with Crippen LogP contribution in [0.1, 0.15) is 24.8 Å². The Balaban J connectivity index is 1.55. The summed E-state index contributed by atoms with van der Waals surface area (Å²) in [4.78, 5) is 2.56. The lowest BCUT2D eigenvalue weighted by atomic mass is 10.0. The van der Waals surface area contributed by atoms with Crippen LogP contribution in [0.2, 0.25) is 0 Å². The summed E-state index contributed by atoms with van der Waals surface area (Å²) < 4.78 is 5.90. The Bertz CT molecular complexity index is 383. The highest BCUT2D eigenvalue weighted by Crippen LogP contribution is 2.28. The normalized spacial score (nSPS) is 28.5. The fourth-order valence-electron chi connectivity index (χ4n) is 3.37. The molecule has 3 rings (SSSR count). The number of nitrogens with zero attached hydrogens (tertiary/aromatic N) is 1. The second kappa shape index (κ2) is 6.04. The zero-order valence-electron chi connectivity index (χ0n) is 11.5. The number of aryl methyl sites for hydroxylation is 1. The van der Waals surface area contributed by atoms with Gasteiger partial charge in [-0.2, -0.15) is 0 Å². The lowest BCUT2D eigenvalue weighted by molar-refractivity contribution is -0.0524. The van der Waals surface area contributed by atoms with Crippen molar-refractivity contribution in [1.29, 1.82) is 0 Å². The minimum absolute atomic E-state index is 0.463. The van der Waals surface area contributed by atoms with Crippen molar-refractivity contribution < 1.29 is 4.74 Å². The highest BCUT2D eigenvalue weighted by Gasteiger charge is 2.35. The number of hydrogen-bond acceptors (Lipinski definition) is 3. The third kappa shape index (κ3) is 3.16. The van der Waals surface area contributed by atoms with E-state index in [9.17, 15) is 0 Å². The third-order valence-corrected chi connectivity index (χ3v) is 4.47. The number of morpholine rings is 1. The van der Waals surface area contributed by atoms with Crippen molar-refractivity contribution >= 4 is 0 Å². The first kappa shape index (κ1) is 13.1. The third-order valence-electron chi connectivity index (χ3n) is 4.47. The molecule has 2 aliphatic rings. The Morgan fingerprint density at radius 3 is 2.47 bits per heavy atom. The standard InChI is InChI=1S/C16H24N2O/c17-10-14(7-6-13-4-2-1-3-5-13)18-11-15-8-9-16(12-18)19-15/h1-5,14-16H,6-12,17H2. The van der Waals surface area contributed by atoms with Gasteiger partial charge in [-0.25, -0.2) is 0 Å². The molecule has 104 valence electrons. The largest absolute Gasteiger partial charge is 0.372 e. The maximum Gasteiger partial charge on any atom is 0.0707 e. The van der Waals surface area contributed by atoms with E-state index in [1.54, 1.807) is 0 Å². The van der Waals surface area contributed by atoms with Crippen LogP contribution in [0.4, 0.5) is 0 Å². The molecular formula is C16H24N2O. The summed E-state index contributed by atoms with van der Waals surface area (Å²) in [6, 6.07) is 11.2. The van der Waals surface area contributed by atoms with Crippen LogP contribution < -0.4 is 5.73 Å². The van der Waals surface area contributed by atoms with E-state index in [0.29, 0.717) is 18.2 Å². The van der Waals surface area contributed by atoms with E-state index in [2.05, 4.69) is 35.2 Å². The summed E-state index contributed by atoms with van der Waals surface area (Å²) in [5.74, 6) is 0. The van der Waals surface area contributed by atoms with Crippen LogP contribution in [0.25, 0.3) is 0 Å². The van der Waals surface area contributed by atoms with Crippen molar-refractivity contribution in [3.05, 3.63) is 35.9 Å². The minimum Gasteiger partial charge on any atom is -0.372 e. The number of hydrogen-bond donors (Lipinski definition) is 1. The van der Waals surface area contributed by atoms with Crippen molar-refractivity contribution in [2.24, 2.45) is 5.73 Å². The number of nitrogens with two attached hydrogens (primary N) is 1. The van der Waals surface area contributed by atoms with Crippen LogP contribution in [0.15, 0.2) is 30.3 Å². The summed E-state index contributed by atoms with van der Waals surface area (Å²) in [5.41, 5.74) is 7.41. The van der Waals surface area contributed by atoms with Crippen LogP contribution in [-0.2, 0) is 11.2 Å². The Morgan fingerprint density at radius 2 is 1.84 bits per heavy atom. The molecule has 0 spiro atoms. The van der Waals surface area contributed by atoms with E-state index in [-0.39, 0.29) is 0 Å². The Hall–Kier alpha value is -0.900. The van der Waals surface area contributed by atoms with Gasteiger partial charge in [-0.15, -0.1) is 0 Å². The monoisotopic (exact) mass is 260 g/mol. The quantitative estimate of drug-likeness (QED) is 0.877. The molecule has 0 aliphatic carbocycles. The summed E-state index contributed by atoms with van der Waals surface area (Å²) >= 11 is 0. The highest BCUT2D eigenvalue weighted by atomic mass is 16.5. The molecule has 1 aromatic rings. The van der Waals surface area contributed by atoms with E-state index in [1.165, 1.54) is 18.4 Å². The molecule has 0 aromatic heterocycles. The molecule has 0 saturated carbocycles. The van der Waals surface area contributed by atoms with Crippen molar-refractivity contribution in [2.75, 3.05) is 19.6 Å². The molecule has 3 unspecified atom stereocenters. The number of likely N-dealkylation sites (tertiary alicyclic amines) is 1. The molecule has 3 heteroatoms. The van der Waals surface area contributed by atoms with E-state index < -0.39 is 0 Å². The van der Waals surface area contributed by atoms with Gasteiger partial charge in [0.25, 0.3) is 0 Å². The lowest BCUT2D eigenvalue weighted by Gasteiger charge is -2.37. The number of ether oxygens (including phenoxy) is 1. The fourth-order valence-corrected chi connectivity index (χ4v) is 3.37. The van der Waals surface area contributed by atoms with Gasteiger partial charge in [-0.05, 0) is 31.2 Å². The van der Waals surface area contributed by atoms with Crippen LogP contribution in [0, 0.1) is 0 Å². The molecule has 0 amide bonds. The molecular weight excluding hydrogens is 236 g/mol. The first-order chi connectivity index (χ1) is 9.35. The van der Waals surface area contributed by atoms with Gasteiger partial charge in [0, 0.05) is 25.7 Å². The smallest absolute Gasteiger partial charge is 0.0707 e. The topological polar surface area (TPSA) is 38.5 Å². The SMILES string of the molecule is NCC(CCc1ccccc1)N1CC2CCC(C1)O2. The molecule has 3 nitrogen and oxygen atoms in total. The maximum absolute atomic E-state index is 6.00. The van der Waals surface area contributed by atoms with E-state index >= 15 is 0 Å². The first-order valence-electron chi connectivity index (χ1n) is 7.48. The molecule has 0 radical (unpaired) electrons. The molecule has 3 atom stereocenters. The lowest BCUT2D eigenvalue weighted by Crippen LogP contribution is -2.50. The van der Waals surface area contributed by atoms with Crippen LogP contribution in [-0.4, -0.2) is 42.8 Å². The van der Waals surface area contributed by atoms with Gasteiger partial charge >= 0.3 is 0 Å². The van der Waals surface area contributed by atoms with E-state index in [4.69, 9.17) is 10.5 Å². The molecule has 2 bridgehead atoms. The second-order valence-electron chi connectivity index (χ2n) is 5.83. The van der Waals surface area contributed by atoms with Gasteiger partial charge < -0.3 is 10.5 Å². The second-order valence-corrected chi connectivity index (χ2v) is 5.83. The van der Waals surface area contributed by atoms with Crippen LogP contribution in [0.5, 0.6) is 0 Å². The van der Waals surface area contributed by atoms with Gasteiger partial charge in [0.2, 0.25) is 0 Å². The maximum atomic E-state index is 6.00. The highest BCUT2D eigenvalue weighted by molar-refractivity contribution is 5.14. The Labute approximate surface area is 115 Å². The molecule has 2 aliphatic heterocycles. The number of benzene rings is 1. The van der Waals surface area contributed by atoms with Crippen LogP contribution >= 0.6 is 0 Å². The predicted molar refractivity (Wildman–Crippen MR) is 77.1 cm³/mol. The van der Waals surface area contributed by atoms with Gasteiger partial charge in [0.1, 0.15) is 0 Å². The van der Waals surface area contributed by atoms with E-state index in [1.807, 2.05) is 0 Å². The average Bonchev–Trinajstić information content (AvgIpc) is 2.79. The minimum atomic E-state index is 0.463. The molecule has 2 saturated heterocycles. The molecule has 19 heavy (non-hydrogen) atoms. The summed E-state index contributed by atoms with van der Waals surface area (Å²) in [6.45, 7) is 2.91. The number of rotatable bonds is 5.